The van der Waals surface area contributed by atoms with Gasteiger partial charge in [-0.25, -0.2) is 8.78 Å². The topological polar surface area (TPSA) is 81.4 Å². The molecule has 2 aromatic rings. The third kappa shape index (κ3) is 6.25. The molecule has 7 nitrogen and oxygen atoms in total. The Hall–Kier alpha value is -2.99. The van der Waals surface area contributed by atoms with Crippen LogP contribution in [0.3, 0.4) is 0 Å². The zero-order chi connectivity index (χ0) is 22.5. The maximum absolute atomic E-state index is 13.1. The Kier molecular flexibility index (Phi) is 7.23. The van der Waals surface area contributed by atoms with Gasteiger partial charge in [0, 0.05) is 30.9 Å². The van der Waals surface area contributed by atoms with Crippen molar-refractivity contribution in [1.82, 2.24) is 20.1 Å². The highest BCUT2D eigenvalue weighted by Gasteiger charge is 2.23. The first kappa shape index (κ1) is 22.7. The Morgan fingerprint density at radius 1 is 1.45 bits per heavy atom. The van der Waals surface area contributed by atoms with Crippen LogP contribution in [0.4, 0.5) is 8.78 Å². The molecule has 0 atom stereocenters. The standard InChI is InChI=1S/C21H22ClF2N5O2/c1-12(2)31-28-17(10-26-21(30)15-11-29(3)27-18(15)20(23)24)19-16(22)8-14(9-25-19)7-6-13-4-5-13/h8-9,11-13,20H,4-5,10H2,1-3H3,(H,26,30). The van der Waals surface area contributed by atoms with Crippen molar-refractivity contribution in [2.24, 2.45) is 18.1 Å². The van der Waals surface area contributed by atoms with Crippen LogP contribution in [0.15, 0.2) is 23.6 Å². The fourth-order valence-electron chi connectivity index (χ4n) is 2.56. The number of alkyl halides is 2. The molecule has 1 saturated carbocycles. The lowest BCUT2D eigenvalue weighted by atomic mass is 10.2. The summed E-state index contributed by atoms with van der Waals surface area (Å²) >= 11 is 6.38. The van der Waals surface area contributed by atoms with E-state index in [1.165, 1.54) is 13.2 Å². The van der Waals surface area contributed by atoms with Gasteiger partial charge in [0.15, 0.2) is 0 Å². The highest BCUT2D eigenvalue weighted by Crippen LogP contribution is 2.27. The lowest BCUT2D eigenvalue weighted by Gasteiger charge is -2.11. The van der Waals surface area contributed by atoms with Crippen molar-refractivity contribution in [3.05, 3.63) is 46.0 Å². The molecule has 0 radical (unpaired) electrons. The summed E-state index contributed by atoms with van der Waals surface area (Å²) in [6.45, 7) is 3.44. The van der Waals surface area contributed by atoms with Gasteiger partial charge in [0.1, 0.15) is 23.2 Å². The van der Waals surface area contributed by atoms with E-state index in [2.05, 4.69) is 32.4 Å². The van der Waals surface area contributed by atoms with E-state index in [1.807, 2.05) is 0 Å². The minimum absolute atomic E-state index is 0.136. The maximum atomic E-state index is 13.1. The van der Waals surface area contributed by atoms with Crippen LogP contribution in [-0.4, -0.2) is 39.0 Å². The molecule has 0 spiro atoms. The number of halogens is 3. The van der Waals surface area contributed by atoms with Crippen LogP contribution in [-0.2, 0) is 11.9 Å². The van der Waals surface area contributed by atoms with Crippen LogP contribution in [0, 0.1) is 17.8 Å². The molecule has 3 rings (SSSR count). The number of carbonyl (C=O) groups is 1. The van der Waals surface area contributed by atoms with Gasteiger partial charge < -0.3 is 10.2 Å². The number of amides is 1. The van der Waals surface area contributed by atoms with E-state index >= 15 is 0 Å². The van der Waals surface area contributed by atoms with E-state index in [1.54, 1.807) is 26.1 Å². The maximum Gasteiger partial charge on any atom is 0.282 e. The van der Waals surface area contributed by atoms with Crippen molar-refractivity contribution >= 4 is 23.2 Å². The first-order valence-corrected chi connectivity index (χ1v) is 10.1. The Labute approximate surface area is 183 Å². The molecule has 1 aliphatic carbocycles. The van der Waals surface area contributed by atoms with E-state index in [4.69, 9.17) is 16.4 Å². The average molecular weight is 450 g/mol. The van der Waals surface area contributed by atoms with Crippen molar-refractivity contribution in [3.63, 3.8) is 0 Å². The number of aromatic nitrogens is 3. The van der Waals surface area contributed by atoms with Crippen LogP contribution >= 0.6 is 11.6 Å². The zero-order valence-corrected chi connectivity index (χ0v) is 18.1. The summed E-state index contributed by atoms with van der Waals surface area (Å²) in [7, 11) is 1.46. The Morgan fingerprint density at radius 2 is 2.19 bits per heavy atom. The number of nitrogens with one attached hydrogen (secondary N) is 1. The van der Waals surface area contributed by atoms with E-state index in [0.717, 1.165) is 17.5 Å². The monoisotopic (exact) mass is 449 g/mol. The summed E-state index contributed by atoms with van der Waals surface area (Å²) in [4.78, 5) is 22.1. The molecule has 0 aliphatic heterocycles. The number of pyridine rings is 1. The smallest absolute Gasteiger partial charge is 0.282 e. The number of rotatable bonds is 7. The van der Waals surface area contributed by atoms with Crippen LogP contribution in [0.1, 0.15) is 60.4 Å². The van der Waals surface area contributed by atoms with Crippen LogP contribution in [0.25, 0.3) is 0 Å². The number of aryl methyl sites for hydroxylation is 1. The van der Waals surface area contributed by atoms with Crippen molar-refractivity contribution in [2.45, 2.75) is 39.2 Å². The second-order valence-electron chi connectivity index (χ2n) is 7.38. The Morgan fingerprint density at radius 3 is 2.81 bits per heavy atom. The fraction of sp³-hybridized carbons (Fsp3) is 0.429. The van der Waals surface area contributed by atoms with E-state index in [9.17, 15) is 13.6 Å². The lowest BCUT2D eigenvalue weighted by Crippen LogP contribution is -2.31. The molecule has 10 heteroatoms. The quantitative estimate of drug-likeness (QED) is 0.397. The molecule has 1 fully saturated rings. The van der Waals surface area contributed by atoms with Gasteiger partial charge in [-0.1, -0.05) is 28.6 Å². The lowest BCUT2D eigenvalue weighted by molar-refractivity contribution is 0.0853. The second-order valence-corrected chi connectivity index (χ2v) is 7.78. The van der Waals surface area contributed by atoms with Crippen molar-refractivity contribution in [2.75, 3.05) is 6.54 Å². The van der Waals surface area contributed by atoms with Crippen LogP contribution in [0.5, 0.6) is 0 Å². The summed E-state index contributed by atoms with van der Waals surface area (Å²) in [6, 6.07) is 1.67. The zero-order valence-electron chi connectivity index (χ0n) is 17.3. The summed E-state index contributed by atoms with van der Waals surface area (Å²) in [6.07, 6.45) is 1.92. The molecular formula is C21H22ClF2N5O2. The predicted molar refractivity (Wildman–Crippen MR) is 112 cm³/mol. The third-order valence-corrected chi connectivity index (χ3v) is 4.50. The van der Waals surface area contributed by atoms with Gasteiger partial charge in [0.25, 0.3) is 12.3 Å². The minimum atomic E-state index is -2.88. The van der Waals surface area contributed by atoms with Crippen molar-refractivity contribution in [1.29, 1.82) is 0 Å². The summed E-state index contributed by atoms with van der Waals surface area (Å²) in [5.74, 6) is 5.89. The normalized spacial score (nSPS) is 13.9. The van der Waals surface area contributed by atoms with Gasteiger partial charge in [-0.3, -0.25) is 14.5 Å². The number of hydrogen-bond acceptors (Lipinski definition) is 5. The molecule has 31 heavy (non-hydrogen) atoms. The average Bonchev–Trinajstić information content (AvgIpc) is 3.46. The molecule has 0 aromatic carbocycles. The predicted octanol–water partition coefficient (Wildman–Crippen LogP) is 3.73. The molecule has 2 heterocycles. The van der Waals surface area contributed by atoms with Gasteiger partial charge in [-0.2, -0.15) is 5.10 Å². The summed E-state index contributed by atoms with van der Waals surface area (Å²) in [5, 5.41) is 10.5. The molecule has 0 bridgehead atoms. The second kappa shape index (κ2) is 9.88. The van der Waals surface area contributed by atoms with Gasteiger partial charge in [0.05, 0.1) is 17.1 Å². The Balaban J connectivity index is 1.79. The number of carbonyl (C=O) groups excluding carboxylic acids is 1. The number of oxime groups is 1. The molecular weight excluding hydrogens is 428 g/mol. The van der Waals surface area contributed by atoms with E-state index in [0.29, 0.717) is 17.2 Å². The molecule has 2 aromatic heterocycles. The van der Waals surface area contributed by atoms with Gasteiger partial charge in [-0.05, 0) is 32.8 Å². The van der Waals surface area contributed by atoms with Gasteiger partial charge in [0.2, 0.25) is 0 Å². The molecule has 1 amide bonds. The van der Waals surface area contributed by atoms with Gasteiger partial charge >= 0.3 is 0 Å². The molecule has 1 N–H and O–H groups in total. The number of nitrogens with zero attached hydrogens (tertiary/aromatic N) is 4. The van der Waals surface area contributed by atoms with Gasteiger partial charge in [-0.15, -0.1) is 0 Å². The van der Waals surface area contributed by atoms with Crippen LogP contribution in [0.2, 0.25) is 5.02 Å². The Bertz CT molecular complexity index is 1050. The highest BCUT2D eigenvalue weighted by atomic mass is 35.5. The number of hydrogen-bond donors (Lipinski definition) is 1. The van der Waals surface area contributed by atoms with Crippen molar-refractivity contribution < 1.29 is 18.4 Å². The largest absolute Gasteiger partial charge is 0.393 e. The van der Waals surface area contributed by atoms with E-state index < -0.39 is 18.0 Å². The SMILES string of the molecule is CC(C)ON=C(CNC(=O)c1cn(C)nc1C(F)F)c1ncc(C#CC2CC2)cc1Cl. The van der Waals surface area contributed by atoms with Crippen LogP contribution < -0.4 is 5.32 Å². The molecule has 1 aliphatic rings. The highest BCUT2D eigenvalue weighted by molar-refractivity contribution is 6.34. The molecule has 0 saturated heterocycles. The molecule has 164 valence electrons. The molecule has 0 unspecified atom stereocenters. The first-order chi connectivity index (χ1) is 14.7. The fourth-order valence-corrected chi connectivity index (χ4v) is 2.84. The third-order valence-electron chi connectivity index (χ3n) is 4.21. The first-order valence-electron chi connectivity index (χ1n) is 9.74. The minimum Gasteiger partial charge on any atom is -0.393 e. The van der Waals surface area contributed by atoms with Crippen molar-refractivity contribution in [3.8, 4) is 11.8 Å². The summed E-state index contributed by atoms with van der Waals surface area (Å²) in [5.41, 5.74) is 0.417. The van der Waals surface area contributed by atoms with E-state index in [-0.39, 0.29) is 28.9 Å². The summed E-state index contributed by atoms with van der Waals surface area (Å²) < 4.78 is 27.4.